The minimum atomic E-state index is -4.53. The second kappa shape index (κ2) is 9.37. The zero-order valence-corrected chi connectivity index (χ0v) is 16.0. The Kier molecular flexibility index (Phi) is 7.15. The van der Waals surface area contributed by atoms with Gasteiger partial charge in [-0.1, -0.05) is 0 Å². The van der Waals surface area contributed by atoms with Gasteiger partial charge in [-0.05, 0) is 31.4 Å². The number of nitro groups is 1. The number of ether oxygens (including phenoxy) is 1. The zero-order chi connectivity index (χ0) is 21.6. The average Bonchev–Trinajstić information content (AvgIpc) is 2.66. The summed E-state index contributed by atoms with van der Waals surface area (Å²) in [5.41, 5.74) is -1.22. The summed E-state index contributed by atoms with van der Waals surface area (Å²) in [6.45, 7) is 2.02. The first-order chi connectivity index (χ1) is 13.7. The number of urea groups is 1. The molecule has 0 fully saturated rings. The van der Waals surface area contributed by atoms with Crippen LogP contribution in [0.25, 0.3) is 0 Å². The van der Waals surface area contributed by atoms with E-state index in [1.807, 2.05) is 0 Å². The van der Waals surface area contributed by atoms with Crippen LogP contribution >= 0.6 is 11.8 Å². The van der Waals surface area contributed by atoms with Gasteiger partial charge in [0, 0.05) is 24.9 Å². The summed E-state index contributed by atoms with van der Waals surface area (Å²) in [5.74, 6) is -0.0559. The van der Waals surface area contributed by atoms with Crippen molar-refractivity contribution in [3.8, 4) is 11.6 Å². The molecule has 1 aromatic carbocycles. The Morgan fingerprint density at radius 2 is 2.07 bits per heavy atom. The summed E-state index contributed by atoms with van der Waals surface area (Å²) >= 11 is 1.02. The Hall–Kier alpha value is -3.15. The van der Waals surface area contributed by atoms with Crippen LogP contribution in [0.15, 0.2) is 41.5 Å². The zero-order valence-electron chi connectivity index (χ0n) is 15.2. The Labute approximate surface area is 167 Å². The van der Waals surface area contributed by atoms with Crippen molar-refractivity contribution in [1.29, 1.82) is 0 Å². The third kappa shape index (κ3) is 5.91. The molecule has 2 rings (SSSR count). The summed E-state index contributed by atoms with van der Waals surface area (Å²) in [5, 5.41) is 13.9. The minimum Gasteiger partial charge on any atom is -0.439 e. The molecule has 0 aliphatic heterocycles. The lowest BCUT2D eigenvalue weighted by atomic mass is 10.2. The number of aliphatic imine (C=N–C) groups is 1. The maximum absolute atomic E-state index is 12.6. The molecule has 1 heterocycles. The monoisotopic (exact) mass is 428 g/mol. The Balaban J connectivity index is 2.39. The van der Waals surface area contributed by atoms with Crippen LogP contribution in [0.4, 0.5) is 23.7 Å². The molecule has 1 N–H and O–H groups in total. The number of benzene rings is 1. The fourth-order valence-corrected chi connectivity index (χ4v) is 2.69. The summed E-state index contributed by atoms with van der Waals surface area (Å²) < 4.78 is 43.2. The number of nitrogens with one attached hydrogen (secondary N) is 1. The van der Waals surface area contributed by atoms with Gasteiger partial charge in [0.25, 0.3) is 5.69 Å². The van der Waals surface area contributed by atoms with Gasteiger partial charge in [-0.25, -0.2) is 9.78 Å². The Morgan fingerprint density at radius 3 is 2.59 bits per heavy atom. The molecule has 2 amide bonds. The second-order valence-electron chi connectivity index (χ2n) is 5.38. The van der Waals surface area contributed by atoms with Crippen LogP contribution in [0.3, 0.4) is 0 Å². The molecule has 12 heteroatoms. The minimum absolute atomic E-state index is 0.0261. The van der Waals surface area contributed by atoms with Gasteiger partial charge in [0.05, 0.1) is 16.1 Å². The number of halogens is 3. The molecule has 154 valence electrons. The van der Waals surface area contributed by atoms with Crippen molar-refractivity contribution in [2.24, 2.45) is 4.99 Å². The van der Waals surface area contributed by atoms with Crippen LogP contribution in [-0.2, 0) is 6.18 Å². The van der Waals surface area contributed by atoms with Gasteiger partial charge in [-0.2, -0.15) is 18.2 Å². The van der Waals surface area contributed by atoms with E-state index in [-0.39, 0.29) is 27.9 Å². The van der Waals surface area contributed by atoms with Crippen molar-refractivity contribution in [2.45, 2.75) is 13.1 Å². The first-order valence-corrected chi connectivity index (χ1v) is 9.28. The molecule has 29 heavy (non-hydrogen) atoms. The number of carbonyl (C=O) groups excluding carboxylic acids is 1. The van der Waals surface area contributed by atoms with E-state index in [9.17, 15) is 28.1 Å². The smallest absolute Gasteiger partial charge is 0.417 e. The van der Waals surface area contributed by atoms with Crippen LogP contribution in [0.5, 0.6) is 11.6 Å². The van der Waals surface area contributed by atoms with Crippen molar-refractivity contribution < 1.29 is 27.6 Å². The largest absolute Gasteiger partial charge is 0.439 e. The number of thioether (sulfide) groups is 1. The number of nitrogens with zero attached hydrogens (tertiary/aromatic N) is 3. The summed E-state index contributed by atoms with van der Waals surface area (Å²) in [6, 6.07) is 4.86. The number of rotatable bonds is 5. The molecular weight excluding hydrogens is 413 g/mol. The Morgan fingerprint density at radius 1 is 1.34 bits per heavy atom. The third-order valence-electron chi connectivity index (χ3n) is 3.41. The molecule has 8 nitrogen and oxygen atoms in total. The highest BCUT2D eigenvalue weighted by Gasteiger charge is 2.30. The van der Waals surface area contributed by atoms with Crippen LogP contribution in [-0.4, -0.2) is 33.8 Å². The van der Waals surface area contributed by atoms with E-state index in [2.05, 4.69) is 15.3 Å². The molecule has 0 aliphatic carbocycles. The SMILES string of the molecule is CCNC(=O)N=C(SC)c1cc(Oc2ccc(C(F)(F)F)cn2)ccc1[N+](=O)[O-]. The number of aromatic nitrogens is 1. The molecule has 0 bridgehead atoms. The summed E-state index contributed by atoms with van der Waals surface area (Å²) in [7, 11) is 0. The van der Waals surface area contributed by atoms with E-state index < -0.39 is 22.7 Å². The lowest BCUT2D eigenvalue weighted by Gasteiger charge is -2.10. The molecule has 1 aromatic heterocycles. The van der Waals surface area contributed by atoms with Crippen molar-refractivity contribution in [3.05, 3.63) is 57.8 Å². The predicted octanol–water partition coefficient (Wildman–Crippen LogP) is 4.64. The number of nitro benzene ring substituents is 1. The number of alkyl halides is 3. The maximum Gasteiger partial charge on any atom is 0.417 e. The van der Waals surface area contributed by atoms with Crippen LogP contribution in [0, 0.1) is 10.1 Å². The highest BCUT2D eigenvalue weighted by atomic mass is 32.2. The molecule has 2 aromatic rings. The standard InChI is InChI=1S/C17H15F3N4O4S/c1-3-21-16(25)23-15(29-2)12-8-11(5-6-13(12)24(26)27)28-14-7-4-10(9-22-14)17(18,19)20/h4-9H,3H2,1-2H3,(H,21,25). The van der Waals surface area contributed by atoms with Gasteiger partial charge in [-0.3, -0.25) is 10.1 Å². The highest BCUT2D eigenvalue weighted by molar-refractivity contribution is 8.13. The predicted molar refractivity (Wildman–Crippen MR) is 102 cm³/mol. The van der Waals surface area contributed by atoms with Gasteiger partial charge in [0.15, 0.2) is 0 Å². The number of hydrogen-bond acceptors (Lipinski definition) is 6. The third-order valence-corrected chi connectivity index (χ3v) is 4.10. The molecule has 0 aliphatic rings. The molecule has 0 spiro atoms. The van der Waals surface area contributed by atoms with E-state index >= 15 is 0 Å². The lowest BCUT2D eigenvalue weighted by molar-refractivity contribution is -0.385. The quantitative estimate of drug-likeness (QED) is 0.322. The van der Waals surface area contributed by atoms with E-state index in [1.54, 1.807) is 13.2 Å². The number of pyridine rings is 1. The summed E-state index contributed by atoms with van der Waals surface area (Å²) in [6.07, 6.45) is -2.33. The van der Waals surface area contributed by atoms with Crippen LogP contribution in [0.2, 0.25) is 0 Å². The molecule has 0 saturated heterocycles. The molecule has 0 atom stereocenters. The average molecular weight is 428 g/mol. The normalized spacial score (nSPS) is 11.8. The van der Waals surface area contributed by atoms with Gasteiger partial charge >= 0.3 is 12.2 Å². The lowest BCUT2D eigenvalue weighted by Crippen LogP contribution is -2.20. The fraction of sp³-hybridized carbons (Fsp3) is 0.235. The van der Waals surface area contributed by atoms with Crippen LogP contribution < -0.4 is 10.1 Å². The molecule has 0 unspecified atom stereocenters. The van der Waals surface area contributed by atoms with Crippen molar-refractivity contribution in [3.63, 3.8) is 0 Å². The molecular formula is C17H15F3N4O4S. The van der Waals surface area contributed by atoms with Gasteiger partial charge < -0.3 is 10.1 Å². The Bertz CT molecular complexity index is 933. The van der Waals surface area contributed by atoms with Crippen molar-refractivity contribution >= 4 is 28.5 Å². The topological polar surface area (TPSA) is 107 Å². The van der Waals surface area contributed by atoms with Crippen LogP contribution in [0.1, 0.15) is 18.1 Å². The van der Waals surface area contributed by atoms with Crippen molar-refractivity contribution in [1.82, 2.24) is 10.3 Å². The highest BCUT2D eigenvalue weighted by Crippen LogP contribution is 2.32. The maximum atomic E-state index is 12.6. The van der Waals surface area contributed by atoms with E-state index in [0.717, 1.165) is 30.0 Å². The van der Waals surface area contributed by atoms with Gasteiger partial charge in [0.2, 0.25) is 5.88 Å². The first-order valence-electron chi connectivity index (χ1n) is 8.06. The van der Waals surface area contributed by atoms with E-state index in [0.29, 0.717) is 12.7 Å². The molecule has 0 saturated carbocycles. The van der Waals surface area contributed by atoms with E-state index in [4.69, 9.17) is 4.74 Å². The first kappa shape index (κ1) is 22.1. The molecule has 0 radical (unpaired) electrons. The van der Waals surface area contributed by atoms with Crippen molar-refractivity contribution in [2.75, 3.05) is 12.8 Å². The fourth-order valence-electron chi connectivity index (χ4n) is 2.14. The number of carbonyl (C=O) groups is 1. The summed E-state index contributed by atoms with van der Waals surface area (Å²) in [4.78, 5) is 29.8. The number of amides is 2. The van der Waals surface area contributed by atoms with Gasteiger partial charge in [0.1, 0.15) is 10.8 Å². The number of hydrogen-bond donors (Lipinski definition) is 1. The van der Waals surface area contributed by atoms with Gasteiger partial charge in [-0.15, -0.1) is 11.8 Å². The van der Waals surface area contributed by atoms with E-state index in [1.165, 1.54) is 12.1 Å². The second-order valence-corrected chi connectivity index (χ2v) is 6.17.